The van der Waals surface area contributed by atoms with E-state index >= 15 is 0 Å². The highest BCUT2D eigenvalue weighted by atomic mass is 79.9. The lowest BCUT2D eigenvalue weighted by Crippen LogP contribution is -2.25. The van der Waals surface area contributed by atoms with Crippen LogP contribution >= 0.6 is 15.9 Å². The van der Waals surface area contributed by atoms with Crippen LogP contribution in [0.4, 0.5) is 0 Å². The van der Waals surface area contributed by atoms with Crippen LogP contribution in [0.15, 0.2) is 22.8 Å². The van der Waals surface area contributed by atoms with Gasteiger partial charge >= 0.3 is 0 Å². The SMILES string of the molecule is CCNC(Cc1c(Br)c(C)nn1C)c1cc(C)ccn1. The van der Waals surface area contributed by atoms with E-state index in [-0.39, 0.29) is 6.04 Å². The van der Waals surface area contributed by atoms with Crippen LogP contribution in [0.3, 0.4) is 0 Å². The quantitative estimate of drug-likeness (QED) is 0.912. The summed E-state index contributed by atoms with van der Waals surface area (Å²) in [6.07, 6.45) is 2.74. The van der Waals surface area contributed by atoms with Crippen LogP contribution < -0.4 is 5.32 Å². The normalized spacial score (nSPS) is 12.7. The predicted octanol–water partition coefficient (Wildman–Crippen LogP) is 3.09. The number of hydrogen-bond donors (Lipinski definition) is 1. The summed E-state index contributed by atoms with van der Waals surface area (Å²) in [5, 5.41) is 7.97. The smallest absolute Gasteiger partial charge is 0.0738 e. The Balaban J connectivity index is 2.30. The first-order chi connectivity index (χ1) is 9.52. The fourth-order valence-corrected chi connectivity index (χ4v) is 2.87. The summed E-state index contributed by atoms with van der Waals surface area (Å²) in [7, 11) is 1.99. The molecule has 0 aliphatic rings. The summed E-state index contributed by atoms with van der Waals surface area (Å²) >= 11 is 3.64. The van der Waals surface area contributed by atoms with E-state index in [2.05, 4.69) is 51.2 Å². The number of likely N-dealkylation sites (N-methyl/N-ethyl adjacent to an activating group) is 1. The summed E-state index contributed by atoms with van der Waals surface area (Å²) in [4.78, 5) is 4.51. The van der Waals surface area contributed by atoms with Gasteiger partial charge in [-0.15, -0.1) is 0 Å². The standard InChI is InChI=1S/C15H21BrN4/c1-5-17-13(12-8-10(2)6-7-18-12)9-14-15(16)11(3)19-20(14)4/h6-8,13,17H,5,9H2,1-4H3. The predicted molar refractivity (Wildman–Crippen MR) is 84.7 cm³/mol. The first-order valence-corrected chi connectivity index (χ1v) is 7.66. The van der Waals surface area contributed by atoms with E-state index in [4.69, 9.17) is 0 Å². The van der Waals surface area contributed by atoms with Crippen LogP contribution in [0.5, 0.6) is 0 Å². The molecule has 1 atom stereocenters. The first-order valence-electron chi connectivity index (χ1n) is 6.86. The van der Waals surface area contributed by atoms with Gasteiger partial charge in [0.05, 0.1) is 27.6 Å². The summed E-state index contributed by atoms with van der Waals surface area (Å²) < 4.78 is 3.04. The first kappa shape index (κ1) is 15.2. The lowest BCUT2D eigenvalue weighted by atomic mass is 10.1. The van der Waals surface area contributed by atoms with Gasteiger partial charge in [-0.05, 0) is 54.0 Å². The summed E-state index contributed by atoms with van der Waals surface area (Å²) in [6, 6.07) is 4.37. The zero-order valence-electron chi connectivity index (χ0n) is 12.4. The van der Waals surface area contributed by atoms with Crippen LogP contribution in [0.1, 0.15) is 35.6 Å². The number of halogens is 1. The molecule has 2 heterocycles. The van der Waals surface area contributed by atoms with E-state index in [0.29, 0.717) is 0 Å². The van der Waals surface area contributed by atoms with Gasteiger partial charge < -0.3 is 5.32 Å². The van der Waals surface area contributed by atoms with Crippen molar-refractivity contribution in [1.29, 1.82) is 0 Å². The maximum Gasteiger partial charge on any atom is 0.0738 e. The van der Waals surface area contributed by atoms with Gasteiger partial charge in [-0.2, -0.15) is 5.10 Å². The summed E-state index contributed by atoms with van der Waals surface area (Å²) in [6.45, 7) is 7.14. The van der Waals surface area contributed by atoms with Gasteiger partial charge in [0, 0.05) is 19.7 Å². The minimum atomic E-state index is 0.200. The zero-order valence-corrected chi connectivity index (χ0v) is 14.0. The third-order valence-electron chi connectivity index (χ3n) is 3.40. The van der Waals surface area contributed by atoms with Gasteiger partial charge in [0.1, 0.15) is 0 Å². The zero-order chi connectivity index (χ0) is 14.7. The molecule has 0 amide bonds. The molecule has 0 aliphatic heterocycles. The van der Waals surface area contributed by atoms with Crippen LogP contribution in [0, 0.1) is 13.8 Å². The topological polar surface area (TPSA) is 42.7 Å². The van der Waals surface area contributed by atoms with Crippen LogP contribution in [-0.2, 0) is 13.5 Å². The molecule has 20 heavy (non-hydrogen) atoms. The Morgan fingerprint density at radius 3 is 2.70 bits per heavy atom. The molecule has 0 aromatic carbocycles. The molecule has 0 bridgehead atoms. The average Bonchev–Trinajstić information content (AvgIpc) is 2.64. The monoisotopic (exact) mass is 336 g/mol. The molecule has 2 aromatic rings. The lowest BCUT2D eigenvalue weighted by molar-refractivity contribution is 0.516. The number of aryl methyl sites for hydroxylation is 3. The van der Waals surface area contributed by atoms with E-state index in [9.17, 15) is 0 Å². The van der Waals surface area contributed by atoms with Gasteiger partial charge in [0.25, 0.3) is 0 Å². The molecular weight excluding hydrogens is 316 g/mol. The Morgan fingerprint density at radius 1 is 1.40 bits per heavy atom. The van der Waals surface area contributed by atoms with Crippen molar-refractivity contribution in [3.63, 3.8) is 0 Å². The highest BCUT2D eigenvalue weighted by Crippen LogP contribution is 2.25. The van der Waals surface area contributed by atoms with Gasteiger partial charge in [0.2, 0.25) is 0 Å². The third-order valence-corrected chi connectivity index (χ3v) is 4.43. The maximum absolute atomic E-state index is 4.51. The molecule has 0 aliphatic carbocycles. The van der Waals surface area contributed by atoms with Crippen LogP contribution in [0.2, 0.25) is 0 Å². The Labute approximate surface area is 128 Å². The molecule has 0 saturated heterocycles. The number of nitrogens with one attached hydrogen (secondary N) is 1. The summed E-state index contributed by atoms with van der Waals surface area (Å²) in [5.41, 5.74) is 4.53. The number of nitrogens with zero attached hydrogens (tertiary/aromatic N) is 3. The van der Waals surface area contributed by atoms with Gasteiger partial charge in [-0.25, -0.2) is 0 Å². The van der Waals surface area contributed by atoms with E-state index in [1.165, 1.54) is 11.3 Å². The van der Waals surface area contributed by atoms with E-state index < -0.39 is 0 Å². The Kier molecular flexibility index (Phi) is 4.94. The second kappa shape index (κ2) is 6.50. The molecule has 0 spiro atoms. The van der Waals surface area contributed by atoms with Crippen molar-refractivity contribution in [2.75, 3.05) is 6.54 Å². The van der Waals surface area contributed by atoms with Gasteiger partial charge in [-0.3, -0.25) is 9.67 Å². The maximum atomic E-state index is 4.51. The molecule has 0 saturated carbocycles. The molecule has 0 fully saturated rings. The molecule has 4 nitrogen and oxygen atoms in total. The van der Waals surface area contributed by atoms with Crippen LogP contribution in [0.25, 0.3) is 0 Å². The van der Waals surface area contributed by atoms with E-state index in [1.54, 1.807) is 0 Å². The van der Waals surface area contributed by atoms with Crippen molar-refractivity contribution < 1.29 is 0 Å². The molecule has 2 aromatic heterocycles. The van der Waals surface area contributed by atoms with Gasteiger partial charge in [0.15, 0.2) is 0 Å². The van der Waals surface area contributed by atoms with Crippen molar-refractivity contribution in [3.05, 3.63) is 45.4 Å². The van der Waals surface area contributed by atoms with E-state index in [0.717, 1.165) is 28.8 Å². The minimum Gasteiger partial charge on any atom is -0.309 e. The fraction of sp³-hybridized carbons (Fsp3) is 0.467. The molecule has 1 N–H and O–H groups in total. The second-order valence-electron chi connectivity index (χ2n) is 5.04. The van der Waals surface area contributed by atoms with Crippen molar-refractivity contribution in [2.24, 2.45) is 7.05 Å². The van der Waals surface area contributed by atoms with Crippen molar-refractivity contribution >= 4 is 15.9 Å². The summed E-state index contributed by atoms with van der Waals surface area (Å²) in [5.74, 6) is 0. The molecule has 0 radical (unpaired) electrons. The molecule has 1 unspecified atom stereocenters. The highest BCUT2D eigenvalue weighted by Gasteiger charge is 2.18. The van der Waals surface area contributed by atoms with Crippen molar-refractivity contribution in [2.45, 2.75) is 33.2 Å². The molecule has 2 rings (SSSR count). The second-order valence-corrected chi connectivity index (χ2v) is 5.84. The highest BCUT2D eigenvalue weighted by molar-refractivity contribution is 9.10. The van der Waals surface area contributed by atoms with Gasteiger partial charge in [-0.1, -0.05) is 6.92 Å². The Morgan fingerprint density at radius 2 is 2.15 bits per heavy atom. The molecular formula is C15H21BrN4. The number of hydrogen-bond acceptors (Lipinski definition) is 3. The molecule has 5 heteroatoms. The van der Waals surface area contributed by atoms with E-state index in [1.807, 2.05) is 30.9 Å². The molecule has 108 valence electrons. The van der Waals surface area contributed by atoms with Crippen LogP contribution in [-0.4, -0.2) is 21.3 Å². The Hall–Kier alpha value is -1.20. The number of aromatic nitrogens is 3. The number of rotatable bonds is 5. The Bertz CT molecular complexity index is 592. The van der Waals surface area contributed by atoms with Crippen molar-refractivity contribution in [3.8, 4) is 0 Å². The van der Waals surface area contributed by atoms with Crippen molar-refractivity contribution in [1.82, 2.24) is 20.1 Å². The average molecular weight is 337 g/mol. The lowest BCUT2D eigenvalue weighted by Gasteiger charge is -2.18. The largest absolute Gasteiger partial charge is 0.309 e. The number of pyridine rings is 1. The third kappa shape index (κ3) is 3.27. The minimum absolute atomic E-state index is 0.200. The fourth-order valence-electron chi connectivity index (χ4n) is 2.37.